The molecule has 0 spiro atoms. The zero-order valence-corrected chi connectivity index (χ0v) is 13.3. The van der Waals surface area contributed by atoms with Gasteiger partial charge in [0.2, 0.25) is 5.91 Å². The second-order valence-corrected chi connectivity index (χ2v) is 7.56. The van der Waals surface area contributed by atoms with Crippen molar-refractivity contribution in [2.75, 3.05) is 19.6 Å². The summed E-state index contributed by atoms with van der Waals surface area (Å²) in [6, 6.07) is 1.09. The van der Waals surface area contributed by atoms with Gasteiger partial charge in [-0.2, -0.15) is 0 Å². The zero-order valence-electron chi connectivity index (χ0n) is 13.3. The van der Waals surface area contributed by atoms with Gasteiger partial charge in [-0.3, -0.25) is 9.69 Å². The summed E-state index contributed by atoms with van der Waals surface area (Å²) in [4.78, 5) is 17.7. The van der Waals surface area contributed by atoms with Gasteiger partial charge in [-0.15, -0.1) is 0 Å². The smallest absolute Gasteiger partial charge is 0.225 e. The van der Waals surface area contributed by atoms with Gasteiger partial charge < -0.3 is 4.90 Å². The molecule has 0 radical (unpaired) electrons. The molecule has 2 heterocycles. The maximum atomic E-state index is 12.8. The third-order valence-electron chi connectivity index (χ3n) is 5.75. The van der Waals surface area contributed by atoms with Crippen LogP contribution in [-0.4, -0.2) is 47.4 Å². The number of hydrogen-bond acceptors (Lipinski definition) is 2. The fourth-order valence-electron chi connectivity index (χ4n) is 4.16. The summed E-state index contributed by atoms with van der Waals surface area (Å²) >= 11 is 0. The Bertz CT molecular complexity index is 358. The van der Waals surface area contributed by atoms with Gasteiger partial charge in [-0.05, 0) is 57.0 Å². The summed E-state index contributed by atoms with van der Waals surface area (Å²) < 4.78 is 0. The van der Waals surface area contributed by atoms with Crippen LogP contribution < -0.4 is 0 Å². The summed E-state index contributed by atoms with van der Waals surface area (Å²) in [5.41, 5.74) is 0. The van der Waals surface area contributed by atoms with Crippen molar-refractivity contribution in [1.29, 1.82) is 0 Å². The summed E-state index contributed by atoms with van der Waals surface area (Å²) in [6.45, 7) is 10.2. The molecule has 2 saturated heterocycles. The highest BCUT2D eigenvalue weighted by Crippen LogP contribution is 2.39. The molecular weight excluding hydrogens is 248 g/mol. The van der Waals surface area contributed by atoms with E-state index < -0.39 is 0 Å². The Balaban J connectivity index is 1.68. The van der Waals surface area contributed by atoms with Crippen LogP contribution in [-0.2, 0) is 4.79 Å². The molecule has 0 bridgehead atoms. The molecule has 1 amide bonds. The molecule has 0 aromatic heterocycles. The van der Waals surface area contributed by atoms with E-state index in [9.17, 15) is 4.79 Å². The van der Waals surface area contributed by atoms with Crippen LogP contribution in [0.1, 0.15) is 52.9 Å². The van der Waals surface area contributed by atoms with Gasteiger partial charge in [0.05, 0.1) is 0 Å². The maximum absolute atomic E-state index is 12.8. The highest BCUT2D eigenvalue weighted by molar-refractivity contribution is 5.80. The molecule has 0 aromatic rings. The first-order valence-corrected chi connectivity index (χ1v) is 8.62. The maximum Gasteiger partial charge on any atom is 0.225 e. The normalized spacial score (nSPS) is 33.1. The third-order valence-corrected chi connectivity index (χ3v) is 5.75. The topological polar surface area (TPSA) is 23.6 Å². The van der Waals surface area contributed by atoms with Gasteiger partial charge in [0.25, 0.3) is 0 Å². The Morgan fingerprint density at radius 1 is 1.10 bits per heavy atom. The molecule has 20 heavy (non-hydrogen) atoms. The second kappa shape index (κ2) is 5.67. The summed E-state index contributed by atoms with van der Waals surface area (Å²) in [5.74, 6) is 1.96. The van der Waals surface area contributed by atoms with Crippen LogP contribution in [0.3, 0.4) is 0 Å². The average molecular weight is 278 g/mol. The van der Waals surface area contributed by atoms with E-state index in [1.165, 1.54) is 45.2 Å². The lowest BCUT2D eigenvalue weighted by atomic mass is 9.98. The fourth-order valence-corrected chi connectivity index (χ4v) is 4.16. The number of hydrogen-bond donors (Lipinski definition) is 0. The number of amides is 1. The Morgan fingerprint density at radius 3 is 2.30 bits per heavy atom. The molecule has 3 fully saturated rings. The minimum absolute atomic E-state index is 0.258. The number of nitrogens with zero attached hydrogens (tertiary/aromatic N) is 2. The largest absolute Gasteiger partial charge is 0.338 e. The molecule has 0 aromatic carbocycles. The summed E-state index contributed by atoms with van der Waals surface area (Å²) in [6.07, 6.45) is 6.41. The molecule has 2 aliphatic heterocycles. The molecule has 1 aliphatic carbocycles. The molecule has 1 saturated carbocycles. The minimum atomic E-state index is 0.258. The Kier molecular flexibility index (Phi) is 4.07. The van der Waals surface area contributed by atoms with Gasteiger partial charge in [0.1, 0.15) is 0 Å². The Morgan fingerprint density at radius 2 is 1.75 bits per heavy atom. The highest BCUT2D eigenvalue weighted by Gasteiger charge is 2.43. The predicted octanol–water partition coefficient (Wildman–Crippen LogP) is 2.75. The van der Waals surface area contributed by atoms with Crippen molar-refractivity contribution in [1.82, 2.24) is 9.80 Å². The fraction of sp³-hybridized carbons (Fsp3) is 0.941. The first-order valence-electron chi connectivity index (χ1n) is 8.62. The molecule has 3 nitrogen and oxygen atoms in total. The lowest BCUT2D eigenvalue weighted by Gasteiger charge is -2.30. The molecule has 114 valence electrons. The number of likely N-dealkylation sites (tertiary alicyclic amines) is 2. The second-order valence-electron chi connectivity index (χ2n) is 7.56. The monoisotopic (exact) mass is 278 g/mol. The van der Waals surface area contributed by atoms with E-state index in [4.69, 9.17) is 0 Å². The average Bonchev–Trinajstić information content (AvgIpc) is 2.95. The minimum Gasteiger partial charge on any atom is -0.338 e. The predicted molar refractivity (Wildman–Crippen MR) is 81.4 cm³/mol. The van der Waals surface area contributed by atoms with E-state index in [1.54, 1.807) is 0 Å². The van der Waals surface area contributed by atoms with Crippen molar-refractivity contribution in [3.05, 3.63) is 0 Å². The van der Waals surface area contributed by atoms with Crippen LogP contribution in [0.2, 0.25) is 0 Å². The van der Waals surface area contributed by atoms with Gasteiger partial charge in [-0.25, -0.2) is 0 Å². The standard InChI is InChI=1S/C17H30N2O/c1-12(2)16-10-15(18-8-4-5-9-18)11-19(16)17(20)13(3)14-6-7-14/h12-16H,4-11H2,1-3H3. The van der Waals surface area contributed by atoms with Crippen molar-refractivity contribution in [3.63, 3.8) is 0 Å². The Labute approximate surface area is 123 Å². The van der Waals surface area contributed by atoms with Crippen molar-refractivity contribution in [2.45, 2.75) is 65.0 Å². The molecule has 3 atom stereocenters. The van der Waals surface area contributed by atoms with Crippen LogP contribution >= 0.6 is 0 Å². The van der Waals surface area contributed by atoms with Crippen LogP contribution in [0.25, 0.3) is 0 Å². The summed E-state index contributed by atoms with van der Waals surface area (Å²) in [5, 5.41) is 0. The molecule has 3 heteroatoms. The molecule has 0 N–H and O–H groups in total. The van der Waals surface area contributed by atoms with Gasteiger partial charge in [0, 0.05) is 24.5 Å². The van der Waals surface area contributed by atoms with Crippen LogP contribution in [0.15, 0.2) is 0 Å². The van der Waals surface area contributed by atoms with E-state index in [2.05, 4.69) is 30.6 Å². The van der Waals surface area contributed by atoms with Crippen LogP contribution in [0.5, 0.6) is 0 Å². The summed E-state index contributed by atoms with van der Waals surface area (Å²) in [7, 11) is 0. The molecule has 3 aliphatic rings. The SMILES string of the molecule is CC(C)C1CC(N2CCCC2)CN1C(=O)C(C)C1CC1. The van der Waals surface area contributed by atoms with Gasteiger partial charge in [0.15, 0.2) is 0 Å². The van der Waals surface area contributed by atoms with Crippen molar-refractivity contribution in [3.8, 4) is 0 Å². The van der Waals surface area contributed by atoms with E-state index >= 15 is 0 Å². The molecule has 3 rings (SSSR count). The van der Waals surface area contributed by atoms with Gasteiger partial charge >= 0.3 is 0 Å². The number of rotatable bonds is 4. The van der Waals surface area contributed by atoms with Gasteiger partial charge in [-0.1, -0.05) is 20.8 Å². The van der Waals surface area contributed by atoms with E-state index in [0.29, 0.717) is 29.8 Å². The third kappa shape index (κ3) is 2.74. The molecule has 3 unspecified atom stereocenters. The lowest BCUT2D eigenvalue weighted by Crippen LogP contribution is -2.43. The lowest BCUT2D eigenvalue weighted by molar-refractivity contribution is -0.137. The highest BCUT2D eigenvalue weighted by atomic mass is 16.2. The first-order chi connectivity index (χ1) is 9.58. The zero-order chi connectivity index (χ0) is 14.3. The van der Waals surface area contributed by atoms with E-state index in [0.717, 1.165) is 6.54 Å². The first kappa shape index (κ1) is 14.4. The molecular formula is C17H30N2O. The van der Waals surface area contributed by atoms with Crippen molar-refractivity contribution < 1.29 is 4.79 Å². The van der Waals surface area contributed by atoms with Crippen molar-refractivity contribution in [2.24, 2.45) is 17.8 Å². The Hall–Kier alpha value is -0.570. The number of carbonyl (C=O) groups excluding carboxylic acids is 1. The van der Waals surface area contributed by atoms with E-state index in [-0.39, 0.29) is 5.92 Å². The number of carbonyl (C=O) groups is 1. The van der Waals surface area contributed by atoms with Crippen LogP contribution in [0, 0.1) is 17.8 Å². The van der Waals surface area contributed by atoms with Crippen LogP contribution in [0.4, 0.5) is 0 Å². The quantitative estimate of drug-likeness (QED) is 0.789. The van der Waals surface area contributed by atoms with Crippen molar-refractivity contribution >= 4 is 5.91 Å². The van der Waals surface area contributed by atoms with E-state index in [1.807, 2.05) is 0 Å².